The van der Waals surface area contributed by atoms with Gasteiger partial charge in [-0.3, -0.25) is 10.1 Å². The van der Waals surface area contributed by atoms with Gasteiger partial charge in [0.15, 0.2) is 5.75 Å². The molecule has 2 rings (SSSR count). The van der Waals surface area contributed by atoms with E-state index in [1.165, 1.54) is 12.3 Å². The lowest BCUT2D eigenvalue weighted by Crippen LogP contribution is -1.98. The van der Waals surface area contributed by atoms with Gasteiger partial charge in [0.2, 0.25) is 11.8 Å². The standard InChI is InChI=1S/C11H9BrN4O3/c1-13-11-14-6-5-9(15-11)19-8-4-2-3-7(10(8)12)16(17)18/h2-6H,1H3,(H,13,14,15). The molecule has 1 aromatic carbocycles. The van der Waals surface area contributed by atoms with Crippen molar-refractivity contribution < 1.29 is 9.66 Å². The van der Waals surface area contributed by atoms with Gasteiger partial charge in [0.25, 0.3) is 5.69 Å². The molecule has 19 heavy (non-hydrogen) atoms. The fourth-order valence-electron chi connectivity index (χ4n) is 1.35. The van der Waals surface area contributed by atoms with Gasteiger partial charge in [-0.25, -0.2) is 4.98 Å². The molecule has 2 aromatic rings. The Hall–Kier alpha value is -2.22. The number of benzene rings is 1. The molecule has 0 saturated heterocycles. The van der Waals surface area contributed by atoms with E-state index in [1.807, 2.05) is 0 Å². The number of ether oxygens (including phenoxy) is 1. The van der Waals surface area contributed by atoms with Gasteiger partial charge >= 0.3 is 0 Å². The summed E-state index contributed by atoms with van der Waals surface area (Å²) in [5, 5.41) is 13.6. The zero-order chi connectivity index (χ0) is 13.8. The number of halogens is 1. The van der Waals surface area contributed by atoms with Crippen LogP contribution in [-0.2, 0) is 0 Å². The number of anilines is 1. The first kappa shape index (κ1) is 13.2. The molecule has 0 atom stereocenters. The molecule has 0 bridgehead atoms. The highest BCUT2D eigenvalue weighted by atomic mass is 79.9. The van der Waals surface area contributed by atoms with Crippen molar-refractivity contribution in [2.24, 2.45) is 0 Å². The minimum absolute atomic E-state index is 0.0691. The highest BCUT2D eigenvalue weighted by Crippen LogP contribution is 2.35. The van der Waals surface area contributed by atoms with E-state index < -0.39 is 4.92 Å². The molecule has 0 saturated carbocycles. The molecular weight excluding hydrogens is 316 g/mol. The molecule has 0 unspecified atom stereocenters. The van der Waals surface area contributed by atoms with E-state index in [0.717, 1.165) is 0 Å². The zero-order valence-electron chi connectivity index (χ0n) is 9.83. The Morgan fingerprint density at radius 1 is 1.42 bits per heavy atom. The molecule has 7 nitrogen and oxygen atoms in total. The first-order chi connectivity index (χ1) is 9.11. The summed E-state index contributed by atoms with van der Waals surface area (Å²) in [7, 11) is 1.68. The molecular formula is C11H9BrN4O3. The number of hydrogen-bond acceptors (Lipinski definition) is 6. The quantitative estimate of drug-likeness (QED) is 0.686. The van der Waals surface area contributed by atoms with Gasteiger partial charge in [0.05, 0.1) is 4.92 Å². The molecule has 0 amide bonds. The van der Waals surface area contributed by atoms with Gasteiger partial charge in [0.1, 0.15) is 4.47 Å². The Morgan fingerprint density at radius 3 is 2.89 bits per heavy atom. The van der Waals surface area contributed by atoms with Crippen LogP contribution in [0.3, 0.4) is 0 Å². The van der Waals surface area contributed by atoms with Crippen molar-refractivity contribution in [3.05, 3.63) is 45.0 Å². The fraction of sp³-hybridized carbons (Fsp3) is 0.0909. The Kier molecular flexibility index (Phi) is 3.91. The van der Waals surface area contributed by atoms with E-state index in [0.29, 0.717) is 17.6 Å². The van der Waals surface area contributed by atoms with E-state index in [-0.39, 0.29) is 10.2 Å². The molecule has 0 spiro atoms. The molecule has 98 valence electrons. The van der Waals surface area contributed by atoms with E-state index >= 15 is 0 Å². The maximum atomic E-state index is 10.8. The van der Waals surface area contributed by atoms with Crippen molar-refractivity contribution in [3.63, 3.8) is 0 Å². The number of rotatable bonds is 4. The maximum absolute atomic E-state index is 10.8. The summed E-state index contributed by atoms with van der Waals surface area (Å²) < 4.78 is 5.77. The van der Waals surface area contributed by atoms with Gasteiger partial charge in [0, 0.05) is 25.4 Å². The van der Waals surface area contributed by atoms with E-state index in [9.17, 15) is 10.1 Å². The third kappa shape index (κ3) is 2.97. The van der Waals surface area contributed by atoms with Crippen LogP contribution in [0.25, 0.3) is 0 Å². The van der Waals surface area contributed by atoms with Gasteiger partial charge in [-0.05, 0) is 22.0 Å². The highest BCUT2D eigenvalue weighted by molar-refractivity contribution is 9.10. The fourth-order valence-corrected chi connectivity index (χ4v) is 1.84. The van der Waals surface area contributed by atoms with Crippen molar-refractivity contribution in [2.45, 2.75) is 0 Å². The SMILES string of the molecule is CNc1nccc(Oc2cccc([N+](=O)[O-])c2Br)n1. The summed E-state index contributed by atoms with van der Waals surface area (Å²) in [5.41, 5.74) is -0.0691. The second-order valence-corrected chi connectivity index (χ2v) is 4.21. The van der Waals surface area contributed by atoms with E-state index in [4.69, 9.17) is 4.74 Å². The normalized spacial score (nSPS) is 10.0. The molecule has 0 fully saturated rings. The average Bonchev–Trinajstić information content (AvgIpc) is 2.41. The van der Waals surface area contributed by atoms with Crippen LogP contribution in [0.5, 0.6) is 11.6 Å². The van der Waals surface area contributed by atoms with Gasteiger partial charge in [-0.15, -0.1) is 0 Å². The zero-order valence-corrected chi connectivity index (χ0v) is 11.4. The number of aromatic nitrogens is 2. The third-order valence-corrected chi connectivity index (χ3v) is 3.00. The van der Waals surface area contributed by atoms with Crippen LogP contribution >= 0.6 is 15.9 Å². The van der Waals surface area contributed by atoms with Crippen molar-refractivity contribution in [1.82, 2.24) is 9.97 Å². The van der Waals surface area contributed by atoms with Crippen LogP contribution in [0.15, 0.2) is 34.9 Å². The summed E-state index contributed by atoms with van der Waals surface area (Å²) in [6, 6.07) is 6.10. The molecule has 0 aliphatic rings. The number of nitro groups is 1. The summed E-state index contributed by atoms with van der Waals surface area (Å²) in [6.45, 7) is 0. The Balaban J connectivity index is 2.33. The van der Waals surface area contributed by atoms with Crippen molar-refractivity contribution in [1.29, 1.82) is 0 Å². The number of nitrogens with one attached hydrogen (secondary N) is 1. The molecule has 1 N–H and O–H groups in total. The van der Waals surface area contributed by atoms with Crippen LogP contribution < -0.4 is 10.1 Å². The van der Waals surface area contributed by atoms with Crippen LogP contribution in [-0.4, -0.2) is 21.9 Å². The predicted octanol–water partition coefficient (Wildman–Crippen LogP) is 2.98. The second kappa shape index (κ2) is 5.61. The van der Waals surface area contributed by atoms with Crippen molar-refractivity contribution in [3.8, 4) is 11.6 Å². The van der Waals surface area contributed by atoms with Gasteiger partial charge in [-0.2, -0.15) is 4.98 Å². The number of nitro benzene ring substituents is 1. The summed E-state index contributed by atoms with van der Waals surface area (Å²) in [4.78, 5) is 18.3. The van der Waals surface area contributed by atoms with E-state index in [1.54, 1.807) is 25.2 Å². The highest BCUT2D eigenvalue weighted by Gasteiger charge is 2.16. The Morgan fingerprint density at radius 2 is 2.21 bits per heavy atom. The monoisotopic (exact) mass is 324 g/mol. The molecule has 0 aliphatic carbocycles. The van der Waals surface area contributed by atoms with Gasteiger partial charge in [-0.1, -0.05) is 6.07 Å². The smallest absolute Gasteiger partial charge is 0.287 e. The van der Waals surface area contributed by atoms with Crippen molar-refractivity contribution in [2.75, 3.05) is 12.4 Å². The maximum Gasteiger partial charge on any atom is 0.287 e. The first-order valence-corrected chi connectivity index (χ1v) is 6.02. The minimum atomic E-state index is -0.490. The molecule has 8 heteroatoms. The summed E-state index contributed by atoms with van der Waals surface area (Å²) >= 11 is 3.15. The van der Waals surface area contributed by atoms with Crippen LogP contribution in [0, 0.1) is 10.1 Å². The molecule has 1 aromatic heterocycles. The average molecular weight is 325 g/mol. The Bertz CT molecular complexity index is 621. The van der Waals surface area contributed by atoms with E-state index in [2.05, 4.69) is 31.2 Å². The lowest BCUT2D eigenvalue weighted by Gasteiger charge is -2.07. The first-order valence-electron chi connectivity index (χ1n) is 5.23. The molecule has 0 radical (unpaired) electrons. The lowest BCUT2D eigenvalue weighted by molar-refractivity contribution is -0.385. The van der Waals surface area contributed by atoms with Crippen LogP contribution in [0.1, 0.15) is 0 Å². The number of nitrogens with zero attached hydrogens (tertiary/aromatic N) is 3. The number of hydrogen-bond donors (Lipinski definition) is 1. The van der Waals surface area contributed by atoms with Crippen LogP contribution in [0.4, 0.5) is 11.6 Å². The minimum Gasteiger partial charge on any atom is -0.437 e. The predicted molar refractivity (Wildman–Crippen MR) is 72.4 cm³/mol. The van der Waals surface area contributed by atoms with Gasteiger partial charge < -0.3 is 10.1 Å². The molecule has 1 heterocycles. The molecule has 0 aliphatic heterocycles. The summed E-state index contributed by atoms with van der Waals surface area (Å²) in [6.07, 6.45) is 1.53. The topological polar surface area (TPSA) is 90.2 Å². The largest absolute Gasteiger partial charge is 0.437 e. The Labute approximate surface area is 116 Å². The second-order valence-electron chi connectivity index (χ2n) is 3.42. The lowest BCUT2D eigenvalue weighted by atomic mass is 10.3. The summed E-state index contributed by atoms with van der Waals surface area (Å²) in [5.74, 6) is 1.01. The third-order valence-electron chi connectivity index (χ3n) is 2.21. The van der Waals surface area contributed by atoms with Crippen LogP contribution in [0.2, 0.25) is 0 Å². The van der Waals surface area contributed by atoms with Crippen molar-refractivity contribution >= 4 is 27.6 Å².